The number of likely N-dealkylation sites (tertiary alicyclic amines) is 1. The lowest BCUT2D eigenvalue weighted by Crippen LogP contribution is -2.29. The van der Waals surface area contributed by atoms with E-state index in [4.69, 9.17) is 4.98 Å². The molecule has 1 saturated heterocycles. The van der Waals surface area contributed by atoms with Crippen LogP contribution in [-0.2, 0) is 0 Å². The molecule has 0 amide bonds. The minimum Gasteiger partial charge on any atom is -0.364 e. The maximum absolute atomic E-state index is 4.93. The van der Waals surface area contributed by atoms with Crippen molar-refractivity contribution in [2.45, 2.75) is 31.7 Å². The summed E-state index contributed by atoms with van der Waals surface area (Å²) in [7, 11) is 2.20. The molecule has 0 unspecified atom stereocenters. The molecular weight excluding hydrogens is 382 g/mol. The van der Waals surface area contributed by atoms with E-state index in [9.17, 15) is 0 Å². The number of H-pyrrole nitrogens is 1. The quantitative estimate of drug-likeness (QED) is 0.448. The Bertz CT molecular complexity index is 1160. The number of piperidine rings is 1. The summed E-state index contributed by atoms with van der Waals surface area (Å²) in [5.74, 6) is 1.45. The van der Waals surface area contributed by atoms with E-state index >= 15 is 0 Å². The van der Waals surface area contributed by atoms with E-state index in [-0.39, 0.29) is 6.04 Å². The molecule has 5 heteroatoms. The third kappa shape index (κ3) is 4.19. The van der Waals surface area contributed by atoms with Crippen LogP contribution in [0.4, 0.5) is 5.82 Å². The van der Waals surface area contributed by atoms with Crippen LogP contribution in [0.3, 0.4) is 0 Å². The molecule has 1 atom stereocenters. The van der Waals surface area contributed by atoms with Gasteiger partial charge in [0.15, 0.2) is 0 Å². The van der Waals surface area contributed by atoms with Gasteiger partial charge in [0, 0.05) is 34.8 Å². The fourth-order valence-electron chi connectivity index (χ4n) is 4.52. The van der Waals surface area contributed by atoms with Crippen molar-refractivity contribution in [3.8, 4) is 11.3 Å². The Kier molecular flexibility index (Phi) is 5.43. The predicted octanol–water partition coefficient (Wildman–Crippen LogP) is 5.61. The highest BCUT2D eigenvalue weighted by atomic mass is 15.1. The largest absolute Gasteiger partial charge is 0.364 e. The molecule has 5 nitrogen and oxygen atoms in total. The summed E-state index contributed by atoms with van der Waals surface area (Å²) in [5, 5.41) is 4.69. The normalized spacial score (nSPS) is 16.5. The number of hydrogen-bond donors (Lipinski definition) is 2. The predicted molar refractivity (Wildman–Crippen MR) is 127 cm³/mol. The van der Waals surface area contributed by atoms with E-state index in [1.165, 1.54) is 24.1 Å². The minimum absolute atomic E-state index is 0.185. The van der Waals surface area contributed by atoms with Gasteiger partial charge in [-0.05, 0) is 69.7 Å². The molecule has 0 spiro atoms. The van der Waals surface area contributed by atoms with Gasteiger partial charge in [-0.25, -0.2) is 9.97 Å². The standard InChI is InChI=1S/C26H29N5/c1-18(19-7-4-3-5-8-19)28-25-10-6-9-23(29-25)21-11-14-27-26-22(21)17-24(30-26)20-12-15-31(2)16-13-20/h3-11,14,17-18,20H,12-13,15-16H2,1-2H3,(H,27,30)(H,28,29)/t18-/m0/s1. The second kappa shape index (κ2) is 8.52. The minimum atomic E-state index is 0.185. The van der Waals surface area contributed by atoms with Gasteiger partial charge in [-0.3, -0.25) is 0 Å². The smallest absolute Gasteiger partial charge is 0.138 e. The van der Waals surface area contributed by atoms with Gasteiger partial charge in [-0.1, -0.05) is 36.4 Å². The van der Waals surface area contributed by atoms with Crippen molar-refractivity contribution in [2.75, 3.05) is 25.5 Å². The van der Waals surface area contributed by atoms with Crippen LogP contribution < -0.4 is 5.32 Å². The summed E-state index contributed by atoms with van der Waals surface area (Å²) in [5.41, 5.74) is 5.58. The topological polar surface area (TPSA) is 56.8 Å². The van der Waals surface area contributed by atoms with E-state index < -0.39 is 0 Å². The number of fused-ring (bicyclic) bond motifs is 1. The fraction of sp³-hybridized carbons (Fsp3) is 0.308. The van der Waals surface area contributed by atoms with Crippen molar-refractivity contribution < 1.29 is 0 Å². The number of benzene rings is 1. The molecule has 5 rings (SSSR count). The van der Waals surface area contributed by atoms with Gasteiger partial charge in [0.05, 0.1) is 5.69 Å². The summed E-state index contributed by atoms with van der Waals surface area (Å²) in [6.07, 6.45) is 4.25. The van der Waals surface area contributed by atoms with Crippen LogP contribution in [0.2, 0.25) is 0 Å². The molecule has 4 aromatic rings. The van der Waals surface area contributed by atoms with Crippen LogP contribution in [0.1, 0.15) is 43.0 Å². The average molecular weight is 412 g/mol. The molecule has 4 heterocycles. The average Bonchev–Trinajstić information content (AvgIpc) is 3.25. The van der Waals surface area contributed by atoms with Crippen molar-refractivity contribution >= 4 is 16.9 Å². The third-order valence-corrected chi connectivity index (χ3v) is 6.40. The van der Waals surface area contributed by atoms with E-state index in [1.807, 2.05) is 18.3 Å². The van der Waals surface area contributed by atoms with E-state index in [0.717, 1.165) is 41.2 Å². The lowest BCUT2D eigenvalue weighted by Gasteiger charge is -2.28. The van der Waals surface area contributed by atoms with Crippen molar-refractivity contribution in [1.29, 1.82) is 0 Å². The number of rotatable bonds is 5. The highest BCUT2D eigenvalue weighted by Gasteiger charge is 2.21. The first-order chi connectivity index (χ1) is 15.2. The van der Waals surface area contributed by atoms with Gasteiger partial charge in [0.1, 0.15) is 11.5 Å². The molecule has 0 bridgehead atoms. The summed E-state index contributed by atoms with van der Waals surface area (Å²) < 4.78 is 0. The van der Waals surface area contributed by atoms with Crippen LogP contribution in [-0.4, -0.2) is 40.0 Å². The maximum Gasteiger partial charge on any atom is 0.138 e. The van der Waals surface area contributed by atoms with E-state index in [0.29, 0.717) is 5.92 Å². The first-order valence-electron chi connectivity index (χ1n) is 11.1. The molecule has 3 aromatic heterocycles. The van der Waals surface area contributed by atoms with E-state index in [1.54, 1.807) is 0 Å². The first-order valence-corrected chi connectivity index (χ1v) is 11.1. The molecule has 1 aromatic carbocycles. The number of nitrogens with one attached hydrogen (secondary N) is 2. The number of anilines is 1. The molecule has 1 aliphatic heterocycles. The molecule has 31 heavy (non-hydrogen) atoms. The van der Waals surface area contributed by atoms with Gasteiger partial charge >= 0.3 is 0 Å². The molecule has 158 valence electrons. The molecule has 0 saturated carbocycles. The highest BCUT2D eigenvalue weighted by molar-refractivity contribution is 5.92. The Hall–Kier alpha value is -3.18. The second-order valence-corrected chi connectivity index (χ2v) is 8.61. The summed E-state index contributed by atoms with van der Waals surface area (Å²) in [6, 6.07) is 21.2. The van der Waals surface area contributed by atoms with Crippen molar-refractivity contribution in [3.63, 3.8) is 0 Å². The Labute approximate surface area is 183 Å². The summed E-state index contributed by atoms with van der Waals surface area (Å²) in [4.78, 5) is 15.5. The van der Waals surface area contributed by atoms with E-state index in [2.05, 4.69) is 82.7 Å². The van der Waals surface area contributed by atoms with Gasteiger partial charge in [-0.2, -0.15) is 0 Å². The number of aromatic nitrogens is 3. The Morgan fingerprint density at radius 2 is 1.84 bits per heavy atom. The Morgan fingerprint density at radius 1 is 1.03 bits per heavy atom. The molecule has 1 aliphatic rings. The van der Waals surface area contributed by atoms with Gasteiger partial charge in [0.25, 0.3) is 0 Å². The number of nitrogens with zero attached hydrogens (tertiary/aromatic N) is 3. The van der Waals surface area contributed by atoms with Crippen LogP contribution >= 0.6 is 0 Å². The first kappa shape index (κ1) is 19.8. The maximum atomic E-state index is 4.93. The highest BCUT2D eigenvalue weighted by Crippen LogP contribution is 2.33. The molecular formula is C26H29N5. The van der Waals surface area contributed by atoms with Crippen LogP contribution in [0.25, 0.3) is 22.3 Å². The molecule has 2 N–H and O–H groups in total. The van der Waals surface area contributed by atoms with Crippen LogP contribution in [0.5, 0.6) is 0 Å². The van der Waals surface area contributed by atoms with Crippen LogP contribution in [0.15, 0.2) is 66.9 Å². The zero-order valence-corrected chi connectivity index (χ0v) is 18.2. The number of pyridine rings is 2. The van der Waals surface area contributed by atoms with Gasteiger partial charge in [-0.15, -0.1) is 0 Å². The fourth-order valence-corrected chi connectivity index (χ4v) is 4.52. The summed E-state index contributed by atoms with van der Waals surface area (Å²) in [6.45, 7) is 4.46. The molecule has 0 radical (unpaired) electrons. The SMILES string of the molecule is C[C@H](Nc1cccc(-c2ccnc3[nH]c(C4CCN(C)CC4)cc23)n1)c1ccccc1. The van der Waals surface area contributed by atoms with Gasteiger partial charge < -0.3 is 15.2 Å². The zero-order chi connectivity index (χ0) is 21.2. The van der Waals surface area contributed by atoms with Crippen molar-refractivity contribution in [2.24, 2.45) is 0 Å². The lowest BCUT2D eigenvalue weighted by atomic mass is 9.93. The lowest BCUT2D eigenvalue weighted by molar-refractivity contribution is 0.254. The third-order valence-electron chi connectivity index (χ3n) is 6.40. The number of aromatic amines is 1. The number of hydrogen-bond acceptors (Lipinski definition) is 4. The summed E-state index contributed by atoms with van der Waals surface area (Å²) >= 11 is 0. The van der Waals surface area contributed by atoms with Crippen molar-refractivity contribution in [1.82, 2.24) is 19.9 Å². The molecule has 0 aliphatic carbocycles. The van der Waals surface area contributed by atoms with Crippen LogP contribution in [0, 0.1) is 0 Å². The Morgan fingerprint density at radius 3 is 2.65 bits per heavy atom. The molecule has 1 fully saturated rings. The van der Waals surface area contributed by atoms with Crippen molar-refractivity contribution in [3.05, 3.63) is 78.1 Å². The second-order valence-electron chi connectivity index (χ2n) is 8.61. The van der Waals surface area contributed by atoms with Gasteiger partial charge in [0.2, 0.25) is 0 Å². The zero-order valence-electron chi connectivity index (χ0n) is 18.2. The Balaban J connectivity index is 1.43. The monoisotopic (exact) mass is 411 g/mol.